The van der Waals surface area contributed by atoms with Crippen LogP contribution in [0.2, 0.25) is 5.02 Å². The summed E-state index contributed by atoms with van der Waals surface area (Å²) >= 11 is 7.45. The minimum Gasteiger partial charge on any atom is -0.336 e. The van der Waals surface area contributed by atoms with Gasteiger partial charge in [0.2, 0.25) is 11.9 Å². The van der Waals surface area contributed by atoms with Crippen molar-refractivity contribution in [2.45, 2.75) is 6.92 Å². The van der Waals surface area contributed by atoms with Crippen LogP contribution in [0.4, 0.5) is 32.5 Å². The van der Waals surface area contributed by atoms with Gasteiger partial charge in [-0.05, 0) is 56.8 Å². The molecule has 0 saturated heterocycles. The zero-order valence-electron chi connectivity index (χ0n) is 17.1. The Balaban J connectivity index is 1.74. The highest BCUT2D eigenvalue weighted by Gasteiger charge is 2.11. The Morgan fingerprint density at radius 2 is 2.10 bits per heavy atom. The minimum atomic E-state index is -0.525. The summed E-state index contributed by atoms with van der Waals surface area (Å²) in [4.78, 5) is 22.4. The number of carbonyl (C=O) groups is 1. The topological polar surface area (TPSA) is 95.1 Å². The van der Waals surface area contributed by atoms with Crippen molar-refractivity contribution in [2.75, 3.05) is 36.6 Å². The standard InChI is InChI=1S/C20H21ClFN7OS/c1-12-9-18(31-28-12)26-20-23-11-14(21)19(27-20)25-16-10-13(6-7-15(16)22)24-17(30)5-4-8-29(2)3/h4-7,9-11H,8H2,1-3H3,(H,24,30)(H2,23,25,26,27)/b5-4+. The van der Waals surface area contributed by atoms with E-state index >= 15 is 0 Å². The molecule has 0 aliphatic heterocycles. The molecule has 1 amide bonds. The number of amides is 1. The second-order valence-electron chi connectivity index (χ2n) is 6.82. The summed E-state index contributed by atoms with van der Waals surface area (Å²) in [5.74, 6) is -0.339. The summed E-state index contributed by atoms with van der Waals surface area (Å²) in [7, 11) is 3.80. The molecule has 11 heteroatoms. The Kier molecular flexibility index (Phi) is 7.50. The van der Waals surface area contributed by atoms with Crippen LogP contribution in [0.15, 0.2) is 42.6 Å². The van der Waals surface area contributed by atoms with Crippen LogP contribution in [0.5, 0.6) is 0 Å². The van der Waals surface area contributed by atoms with Gasteiger partial charge in [-0.3, -0.25) is 4.79 Å². The number of carbonyl (C=O) groups excluding carboxylic acids is 1. The van der Waals surface area contributed by atoms with Gasteiger partial charge in [0.25, 0.3) is 0 Å². The van der Waals surface area contributed by atoms with Gasteiger partial charge in [0.1, 0.15) is 15.8 Å². The summed E-state index contributed by atoms with van der Waals surface area (Å²) < 4.78 is 18.5. The molecule has 3 rings (SSSR count). The van der Waals surface area contributed by atoms with Crippen molar-refractivity contribution in [3.8, 4) is 0 Å². The Hall–Kier alpha value is -3.08. The van der Waals surface area contributed by atoms with Crippen molar-refractivity contribution < 1.29 is 9.18 Å². The molecule has 162 valence electrons. The summed E-state index contributed by atoms with van der Waals surface area (Å²) in [5, 5.41) is 9.57. The van der Waals surface area contributed by atoms with Gasteiger partial charge in [-0.1, -0.05) is 17.7 Å². The van der Waals surface area contributed by atoms with Crippen molar-refractivity contribution in [1.82, 2.24) is 19.2 Å². The maximum atomic E-state index is 14.4. The zero-order valence-corrected chi connectivity index (χ0v) is 18.7. The molecule has 0 radical (unpaired) electrons. The van der Waals surface area contributed by atoms with Gasteiger partial charge in [0.15, 0.2) is 5.82 Å². The third kappa shape index (κ3) is 6.71. The molecule has 0 saturated carbocycles. The lowest BCUT2D eigenvalue weighted by Crippen LogP contribution is -2.13. The first-order valence-corrected chi connectivity index (χ1v) is 10.4. The van der Waals surface area contributed by atoms with Crippen LogP contribution < -0.4 is 16.0 Å². The second-order valence-corrected chi connectivity index (χ2v) is 8.03. The highest BCUT2D eigenvalue weighted by atomic mass is 35.5. The van der Waals surface area contributed by atoms with Crippen LogP contribution in [0, 0.1) is 12.7 Å². The third-order valence-electron chi connectivity index (χ3n) is 3.83. The third-order valence-corrected chi connectivity index (χ3v) is 4.91. The number of halogens is 2. The summed E-state index contributed by atoms with van der Waals surface area (Å²) in [6.07, 6.45) is 4.57. The van der Waals surface area contributed by atoms with Gasteiger partial charge in [0, 0.05) is 18.3 Å². The molecule has 0 bridgehead atoms. The van der Waals surface area contributed by atoms with Gasteiger partial charge in [-0.15, -0.1) is 0 Å². The first kappa shape index (κ1) is 22.6. The fourth-order valence-corrected chi connectivity index (χ4v) is 3.22. The fraction of sp³-hybridized carbons (Fsp3) is 0.200. The zero-order chi connectivity index (χ0) is 22.4. The lowest BCUT2D eigenvalue weighted by molar-refractivity contribution is -0.111. The van der Waals surface area contributed by atoms with Crippen LogP contribution >= 0.6 is 23.1 Å². The van der Waals surface area contributed by atoms with Crippen molar-refractivity contribution in [2.24, 2.45) is 0 Å². The molecule has 1 aromatic carbocycles. The van der Waals surface area contributed by atoms with Crippen molar-refractivity contribution in [1.29, 1.82) is 0 Å². The Morgan fingerprint density at radius 3 is 2.81 bits per heavy atom. The number of rotatable bonds is 8. The van der Waals surface area contributed by atoms with E-state index in [1.54, 1.807) is 6.08 Å². The van der Waals surface area contributed by atoms with E-state index in [1.807, 2.05) is 32.0 Å². The maximum Gasteiger partial charge on any atom is 0.248 e. The quantitative estimate of drug-likeness (QED) is 0.422. The molecule has 0 atom stereocenters. The van der Waals surface area contributed by atoms with Crippen LogP contribution in [0.1, 0.15) is 5.69 Å². The molecule has 3 N–H and O–H groups in total. The fourth-order valence-electron chi connectivity index (χ4n) is 2.43. The first-order valence-electron chi connectivity index (χ1n) is 9.22. The normalized spacial score (nSPS) is 11.2. The Bertz CT molecular complexity index is 1100. The van der Waals surface area contributed by atoms with Gasteiger partial charge in [0.05, 0.1) is 17.6 Å². The van der Waals surface area contributed by atoms with Crippen LogP contribution in [0.3, 0.4) is 0 Å². The average molecular weight is 462 g/mol. The van der Waals surface area contributed by atoms with E-state index < -0.39 is 5.82 Å². The van der Waals surface area contributed by atoms with E-state index in [0.29, 0.717) is 12.2 Å². The smallest absolute Gasteiger partial charge is 0.248 e. The average Bonchev–Trinajstić information content (AvgIpc) is 3.11. The van der Waals surface area contributed by atoms with Gasteiger partial charge < -0.3 is 20.9 Å². The van der Waals surface area contributed by atoms with Crippen LogP contribution in [-0.4, -0.2) is 45.8 Å². The molecule has 0 fully saturated rings. The predicted molar refractivity (Wildman–Crippen MR) is 123 cm³/mol. The van der Waals surface area contributed by atoms with E-state index in [0.717, 1.165) is 10.7 Å². The number of hydrogen-bond acceptors (Lipinski definition) is 8. The molecule has 31 heavy (non-hydrogen) atoms. The SMILES string of the molecule is Cc1cc(Nc2ncc(Cl)c(Nc3cc(NC(=O)/C=C/CN(C)C)ccc3F)n2)sn1. The van der Waals surface area contributed by atoms with Gasteiger partial charge >= 0.3 is 0 Å². The first-order chi connectivity index (χ1) is 14.8. The molecule has 0 unspecified atom stereocenters. The summed E-state index contributed by atoms with van der Waals surface area (Å²) in [6, 6.07) is 6.04. The highest BCUT2D eigenvalue weighted by Crippen LogP contribution is 2.28. The monoisotopic (exact) mass is 461 g/mol. The van der Waals surface area contributed by atoms with Crippen LogP contribution in [-0.2, 0) is 4.79 Å². The number of likely N-dealkylation sites (N-methyl/N-ethyl adjacent to an activating group) is 1. The Labute approximate surface area is 188 Å². The molecular weight excluding hydrogens is 441 g/mol. The van der Waals surface area contributed by atoms with E-state index in [1.165, 1.54) is 42.0 Å². The molecule has 2 aromatic heterocycles. The molecule has 3 aromatic rings. The summed E-state index contributed by atoms with van der Waals surface area (Å²) in [6.45, 7) is 2.51. The van der Waals surface area contributed by atoms with Crippen molar-refractivity contribution >= 4 is 57.2 Å². The van der Waals surface area contributed by atoms with E-state index in [4.69, 9.17) is 11.6 Å². The molecule has 0 aliphatic carbocycles. The number of benzene rings is 1. The predicted octanol–water partition coefficient (Wildman–Crippen LogP) is 4.58. The molecule has 2 heterocycles. The number of aromatic nitrogens is 3. The second kappa shape index (κ2) is 10.3. The number of anilines is 5. The van der Waals surface area contributed by atoms with Crippen molar-refractivity contribution in [3.63, 3.8) is 0 Å². The molecular formula is C20H21ClFN7OS. The molecule has 0 spiro atoms. The van der Waals surface area contributed by atoms with Crippen molar-refractivity contribution in [3.05, 3.63) is 59.1 Å². The number of nitrogens with zero attached hydrogens (tertiary/aromatic N) is 4. The van der Waals surface area contributed by atoms with E-state index in [-0.39, 0.29) is 28.4 Å². The van der Waals surface area contributed by atoms with Gasteiger partial charge in [-0.2, -0.15) is 9.36 Å². The minimum absolute atomic E-state index is 0.107. The number of hydrogen-bond donors (Lipinski definition) is 3. The lowest BCUT2D eigenvalue weighted by Gasteiger charge is -2.12. The number of nitrogens with one attached hydrogen (secondary N) is 3. The largest absolute Gasteiger partial charge is 0.336 e. The lowest BCUT2D eigenvalue weighted by atomic mass is 10.2. The maximum absolute atomic E-state index is 14.4. The molecule has 0 aliphatic rings. The Morgan fingerprint density at radius 1 is 1.29 bits per heavy atom. The van der Waals surface area contributed by atoms with Crippen LogP contribution in [0.25, 0.3) is 0 Å². The van der Waals surface area contributed by atoms with E-state index in [9.17, 15) is 9.18 Å². The number of aryl methyl sites for hydroxylation is 1. The van der Waals surface area contributed by atoms with Gasteiger partial charge in [-0.25, -0.2) is 9.37 Å². The van der Waals surface area contributed by atoms with E-state index in [2.05, 4.69) is 30.3 Å². The molecule has 8 nitrogen and oxygen atoms in total. The highest BCUT2D eigenvalue weighted by molar-refractivity contribution is 7.10. The summed E-state index contributed by atoms with van der Waals surface area (Å²) in [5.41, 5.74) is 1.40.